The average molecular weight is 421 g/mol. The zero-order chi connectivity index (χ0) is 20.5. The van der Waals surface area contributed by atoms with Crippen LogP contribution >= 0.6 is 11.3 Å². The zero-order valence-corrected chi connectivity index (χ0v) is 16.9. The predicted molar refractivity (Wildman–Crippen MR) is 117 cm³/mol. The van der Waals surface area contributed by atoms with Crippen molar-refractivity contribution >= 4 is 49.2 Å². The largest absolute Gasteiger partial charge is 0.378 e. The lowest BCUT2D eigenvalue weighted by atomic mass is 10.2. The number of carbonyl (C=O) groups excluding carboxylic acids is 1. The lowest BCUT2D eigenvalue weighted by Crippen LogP contribution is -2.36. The molecule has 8 nitrogen and oxygen atoms in total. The molecule has 1 saturated heterocycles. The van der Waals surface area contributed by atoms with Crippen molar-refractivity contribution in [1.29, 1.82) is 0 Å². The Morgan fingerprint density at radius 3 is 2.83 bits per heavy atom. The second-order valence-electron chi connectivity index (χ2n) is 7.02. The Hall–Kier alpha value is -3.30. The van der Waals surface area contributed by atoms with Gasteiger partial charge in [-0.05, 0) is 30.3 Å². The van der Waals surface area contributed by atoms with E-state index in [1.807, 2.05) is 24.3 Å². The van der Waals surface area contributed by atoms with Crippen molar-refractivity contribution in [3.8, 4) is 0 Å². The molecule has 0 aliphatic carbocycles. The fourth-order valence-corrected chi connectivity index (χ4v) is 4.51. The van der Waals surface area contributed by atoms with Gasteiger partial charge in [0.2, 0.25) is 5.91 Å². The van der Waals surface area contributed by atoms with Crippen molar-refractivity contribution in [2.24, 2.45) is 0 Å². The molecule has 5 rings (SSSR count). The molecule has 3 heterocycles. The number of nitrogens with zero attached hydrogens (tertiary/aromatic N) is 4. The average Bonchev–Trinajstić information content (AvgIpc) is 3.20. The Balaban J connectivity index is 1.33. The number of morpholine rings is 1. The molecule has 1 N–H and O–H groups in total. The molecule has 1 aliphatic rings. The van der Waals surface area contributed by atoms with Crippen molar-refractivity contribution in [2.45, 2.75) is 6.54 Å². The second kappa shape index (κ2) is 7.85. The Bertz CT molecular complexity index is 1290. The van der Waals surface area contributed by atoms with Crippen LogP contribution in [0.4, 0.5) is 10.8 Å². The van der Waals surface area contributed by atoms with Crippen LogP contribution in [0.1, 0.15) is 0 Å². The van der Waals surface area contributed by atoms with Crippen LogP contribution in [0.2, 0.25) is 0 Å². The predicted octanol–water partition coefficient (Wildman–Crippen LogP) is 2.48. The van der Waals surface area contributed by atoms with Gasteiger partial charge in [0.15, 0.2) is 5.13 Å². The number of hydrogen-bond donors (Lipinski definition) is 1. The molecule has 0 radical (unpaired) electrons. The van der Waals surface area contributed by atoms with Gasteiger partial charge in [0.1, 0.15) is 6.54 Å². The fourth-order valence-electron chi connectivity index (χ4n) is 3.45. The van der Waals surface area contributed by atoms with E-state index in [1.54, 1.807) is 29.5 Å². The first-order valence-electron chi connectivity index (χ1n) is 9.65. The maximum Gasteiger partial charge on any atom is 0.261 e. The molecule has 2 aromatic heterocycles. The quantitative estimate of drug-likeness (QED) is 0.545. The molecule has 0 saturated carbocycles. The van der Waals surface area contributed by atoms with E-state index in [2.05, 4.69) is 20.2 Å². The van der Waals surface area contributed by atoms with Gasteiger partial charge in [-0.1, -0.05) is 23.5 Å². The molecule has 4 aromatic rings. The third-order valence-corrected chi connectivity index (χ3v) is 6.07. The minimum absolute atomic E-state index is 0.101. The van der Waals surface area contributed by atoms with Gasteiger partial charge in [-0.3, -0.25) is 14.2 Å². The highest BCUT2D eigenvalue weighted by Crippen LogP contribution is 2.31. The number of amides is 1. The molecule has 1 fully saturated rings. The van der Waals surface area contributed by atoms with Crippen LogP contribution in [0, 0.1) is 0 Å². The number of para-hydroxylation sites is 1. The van der Waals surface area contributed by atoms with Crippen molar-refractivity contribution in [3.63, 3.8) is 0 Å². The summed E-state index contributed by atoms with van der Waals surface area (Å²) in [5, 5.41) is 4.32. The minimum atomic E-state index is -0.286. The number of fused-ring (bicyclic) bond motifs is 2. The fraction of sp³-hybridized carbons (Fsp3) is 0.238. The summed E-state index contributed by atoms with van der Waals surface area (Å²) in [7, 11) is 0. The Morgan fingerprint density at radius 1 is 1.13 bits per heavy atom. The van der Waals surface area contributed by atoms with Crippen molar-refractivity contribution in [1.82, 2.24) is 14.5 Å². The molecular formula is C21H19N5O3S. The number of hydrogen-bond acceptors (Lipinski definition) is 7. The molecule has 1 aliphatic heterocycles. The van der Waals surface area contributed by atoms with Crippen molar-refractivity contribution < 1.29 is 9.53 Å². The summed E-state index contributed by atoms with van der Waals surface area (Å²) in [6.45, 7) is 2.98. The first kappa shape index (κ1) is 18.7. The zero-order valence-electron chi connectivity index (χ0n) is 16.1. The molecular weight excluding hydrogens is 402 g/mol. The van der Waals surface area contributed by atoms with Crippen LogP contribution in [-0.2, 0) is 16.1 Å². The summed E-state index contributed by atoms with van der Waals surface area (Å²) in [6, 6.07) is 12.7. The third-order valence-electron chi connectivity index (χ3n) is 4.99. The first-order chi connectivity index (χ1) is 14.7. The topological polar surface area (TPSA) is 89.3 Å². The lowest BCUT2D eigenvalue weighted by molar-refractivity contribution is -0.116. The van der Waals surface area contributed by atoms with Gasteiger partial charge in [-0.25, -0.2) is 9.97 Å². The second-order valence-corrected chi connectivity index (χ2v) is 8.03. The highest BCUT2D eigenvalue weighted by molar-refractivity contribution is 7.22. The maximum absolute atomic E-state index is 12.6. The van der Waals surface area contributed by atoms with E-state index in [0.717, 1.165) is 28.4 Å². The number of nitrogens with one attached hydrogen (secondary N) is 1. The molecule has 0 bridgehead atoms. The smallest absolute Gasteiger partial charge is 0.261 e. The van der Waals surface area contributed by atoms with Gasteiger partial charge in [-0.15, -0.1) is 0 Å². The number of rotatable bonds is 4. The van der Waals surface area contributed by atoms with E-state index >= 15 is 0 Å². The normalized spacial score (nSPS) is 14.3. The van der Waals surface area contributed by atoms with Gasteiger partial charge in [0.25, 0.3) is 5.56 Å². The van der Waals surface area contributed by atoms with Gasteiger partial charge < -0.3 is 15.0 Å². The third kappa shape index (κ3) is 3.64. The van der Waals surface area contributed by atoms with E-state index in [0.29, 0.717) is 29.8 Å². The SMILES string of the molecule is O=C(Cn1cnc2ccccc2c1=O)Nc1ccc2nc(N3CCOCC3)sc2c1. The summed E-state index contributed by atoms with van der Waals surface area (Å²) in [5.74, 6) is -0.286. The van der Waals surface area contributed by atoms with E-state index in [9.17, 15) is 9.59 Å². The lowest BCUT2D eigenvalue weighted by Gasteiger charge is -2.25. The maximum atomic E-state index is 12.6. The molecule has 152 valence electrons. The van der Waals surface area contributed by atoms with E-state index in [1.165, 1.54) is 10.9 Å². The molecule has 0 spiro atoms. The number of ether oxygens (including phenoxy) is 1. The monoisotopic (exact) mass is 421 g/mol. The number of thiazole rings is 1. The summed E-state index contributed by atoms with van der Waals surface area (Å²) < 4.78 is 7.72. The highest BCUT2D eigenvalue weighted by atomic mass is 32.1. The number of aromatic nitrogens is 3. The van der Waals surface area contributed by atoms with Crippen LogP contribution in [0.25, 0.3) is 21.1 Å². The van der Waals surface area contributed by atoms with E-state index in [4.69, 9.17) is 4.74 Å². The number of anilines is 2. The van der Waals surface area contributed by atoms with Crippen LogP contribution < -0.4 is 15.8 Å². The molecule has 2 aromatic carbocycles. The summed E-state index contributed by atoms with van der Waals surface area (Å²) >= 11 is 1.60. The molecule has 30 heavy (non-hydrogen) atoms. The molecule has 9 heteroatoms. The highest BCUT2D eigenvalue weighted by Gasteiger charge is 2.16. The van der Waals surface area contributed by atoms with Crippen LogP contribution in [-0.4, -0.2) is 46.7 Å². The number of benzene rings is 2. The van der Waals surface area contributed by atoms with Crippen molar-refractivity contribution in [3.05, 3.63) is 59.1 Å². The van der Waals surface area contributed by atoms with E-state index < -0.39 is 0 Å². The van der Waals surface area contributed by atoms with Crippen molar-refractivity contribution in [2.75, 3.05) is 36.5 Å². The Kier molecular flexibility index (Phi) is 4.89. The summed E-state index contributed by atoms with van der Waals surface area (Å²) in [5.41, 5.74) is 1.95. The Morgan fingerprint density at radius 2 is 1.97 bits per heavy atom. The van der Waals surface area contributed by atoms with Crippen LogP contribution in [0.15, 0.2) is 53.6 Å². The first-order valence-corrected chi connectivity index (χ1v) is 10.5. The van der Waals surface area contributed by atoms with Crippen LogP contribution in [0.5, 0.6) is 0 Å². The number of carbonyl (C=O) groups is 1. The molecule has 0 unspecified atom stereocenters. The summed E-state index contributed by atoms with van der Waals surface area (Å²) in [4.78, 5) is 36.2. The Labute approximate surface area is 175 Å². The minimum Gasteiger partial charge on any atom is -0.378 e. The summed E-state index contributed by atoms with van der Waals surface area (Å²) in [6.07, 6.45) is 1.41. The van der Waals surface area contributed by atoms with Gasteiger partial charge >= 0.3 is 0 Å². The van der Waals surface area contributed by atoms with Gasteiger partial charge in [0.05, 0.1) is 40.7 Å². The van der Waals surface area contributed by atoms with Gasteiger partial charge in [0, 0.05) is 18.8 Å². The molecule has 1 amide bonds. The van der Waals surface area contributed by atoms with Gasteiger partial charge in [-0.2, -0.15) is 0 Å². The molecule has 0 atom stereocenters. The van der Waals surface area contributed by atoms with Crippen LogP contribution in [0.3, 0.4) is 0 Å². The standard InChI is InChI=1S/C21H19N5O3S/c27-19(12-26-13-22-16-4-2-1-3-15(16)20(26)28)23-14-5-6-17-18(11-14)30-21(24-17)25-7-9-29-10-8-25/h1-6,11,13H,7-10,12H2,(H,23,27). The van der Waals surface area contributed by atoms with E-state index in [-0.39, 0.29) is 18.0 Å².